The molecular formula is C12H18N2O2S. The Balaban J connectivity index is 2.08. The zero-order valence-corrected chi connectivity index (χ0v) is 10.8. The van der Waals surface area contributed by atoms with Crippen molar-refractivity contribution in [3.05, 3.63) is 35.9 Å². The zero-order chi connectivity index (χ0) is 12.3. The average molecular weight is 254 g/mol. The molecule has 0 saturated carbocycles. The minimum Gasteiger partial charge on any atom is -0.315 e. The van der Waals surface area contributed by atoms with Gasteiger partial charge >= 0.3 is 0 Å². The highest BCUT2D eigenvalue weighted by Gasteiger charge is 2.28. The van der Waals surface area contributed by atoms with Gasteiger partial charge in [0.1, 0.15) is 0 Å². The van der Waals surface area contributed by atoms with E-state index in [0.29, 0.717) is 0 Å². The molecule has 1 unspecified atom stereocenters. The Morgan fingerprint density at radius 1 is 1.35 bits per heavy atom. The standard InChI is InChI=1S/C12H18N2O2S/c1-14(12-7-8-13-9-12)17(15,16)10-11-5-3-2-4-6-11/h2-6,12-13H,7-10H2,1H3. The van der Waals surface area contributed by atoms with Gasteiger partial charge in [-0.15, -0.1) is 0 Å². The van der Waals surface area contributed by atoms with Gasteiger partial charge in [-0.2, -0.15) is 0 Å². The van der Waals surface area contributed by atoms with E-state index >= 15 is 0 Å². The van der Waals surface area contributed by atoms with E-state index in [-0.39, 0.29) is 11.8 Å². The lowest BCUT2D eigenvalue weighted by Gasteiger charge is -2.23. The lowest BCUT2D eigenvalue weighted by molar-refractivity contribution is 0.387. The van der Waals surface area contributed by atoms with Crippen LogP contribution in [0.5, 0.6) is 0 Å². The predicted octanol–water partition coefficient (Wildman–Crippen LogP) is 0.810. The quantitative estimate of drug-likeness (QED) is 0.865. The third kappa shape index (κ3) is 3.06. The van der Waals surface area contributed by atoms with Crippen LogP contribution in [0.1, 0.15) is 12.0 Å². The molecule has 1 fully saturated rings. The van der Waals surface area contributed by atoms with E-state index in [0.717, 1.165) is 25.1 Å². The van der Waals surface area contributed by atoms with Crippen molar-refractivity contribution in [1.82, 2.24) is 9.62 Å². The van der Waals surface area contributed by atoms with Crippen LogP contribution in [0.25, 0.3) is 0 Å². The van der Waals surface area contributed by atoms with Crippen LogP contribution in [-0.2, 0) is 15.8 Å². The number of hydrogen-bond donors (Lipinski definition) is 1. The molecule has 0 aromatic heterocycles. The predicted molar refractivity (Wildman–Crippen MR) is 68.1 cm³/mol. The fraction of sp³-hybridized carbons (Fsp3) is 0.500. The van der Waals surface area contributed by atoms with E-state index in [1.165, 1.54) is 4.31 Å². The van der Waals surface area contributed by atoms with Crippen molar-refractivity contribution in [3.8, 4) is 0 Å². The summed E-state index contributed by atoms with van der Waals surface area (Å²) in [6, 6.07) is 9.41. The molecule has 1 aromatic rings. The first kappa shape index (κ1) is 12.5. The topological polar surface area (TPSA) is 49.4 Å². The van der Waals surface area contributed by atoms with Gasteiger partial charge in [0.2, 0.25) is 10.0 Å². The Hall–Kier alpha value is -0.910. The molecule has 0 spiro atoms. The van der Waals surface area contributed by atoms with Crippen LogP contribution >= 0.6 is 0 Å². The number of hydrogen-bond acceptors (Lipinski definition) is 3. The van der Waals surface area contributed by atoms with Crippen molar-refractivity contribution in [2.24, 2.45) is 0 Å². The molecule has 0 aliphatic carbocycles. The van der Waals surface area contributed by atoms with Crippen molar-refractivity contribution in [3.63, 3.8) is 0 Å². The van der Waals surface area contributed by atoms with E-state index in [1.807, 2.05) is 30.3 Å². The lowest BCUT2D eigenvalue weighted by atomic mass is 10.2. The van der Waals surface area contributed by atoms with Crippen LogP contribution in [-0.4, -0.2) is 38.9 Å². The van der Waals surface area contributed by atoms with E-state index in [1.54, 1.807) is 7.05 Å². The number of nitrogens with zero attached hydrogens (tertiary/aromatic N) is 1. The van der Waals surface area contributed by atoms with E-state index < -0.39 is 10.0 Å². The Kier molecular flexibility index (Phi) is 3.81. The maximum absolute atomic E-state index is 12.2. The second-order valence-corrected chi connectivity index (χ2v) is 6.43. The molecular weight excluding hydrogens is 236 g/mol. The Morgan fingerprint density at radius 3 is 2.65 bits per heavy atom. The summed E-state index contributed by atoms with van der Waals surface area (Å²) in [5.41, 5.74) is 0.838. The molecule has 94 valence electrons. The van der Waals surface area contributed by atoms with Crippen LogP contribution < -0.4 is 5.32 Å². The number of likely N-dealkylation sites (N-methyl/N-ethyl adjacent to an activating group) is 1. The van der Waals surface area contributed by atoms with E-state index in [4.69, 9.17) is 0 Å². The molecule has 1 aromatic carbocycles. The van der Waals surface area contributed by atoms with Gasteiger partial charge in [-0.1, -0.05) is 30.3 Å². The maximum Gasteiger partial charge on any atom is 0.218 e. The van der Waals surface area contributed by atoms with Gasteiger partial charge in [0.25, 0.3) is 0 Å². The minimum absolute atomic E-state index is 0.0842. The van der Waals surface area contributed by atoms with Crippen molar-refractivity contribution in [2.75, 3.05) is 20.1 Å². The highest BCUT2D eigenvalue weighted by molar-refractivity contribution is 7.88. The SMILES string of the molecule is CN(C1CCNC1)S(=O)(=O)Cc1ccccc1. The maximum atomic E-state index is 12.2. The summed E-state index contributed by atoms with van der Waals surface area (Å²) in [5.74, 6) is 0.0842. The van der Waals surface area contributed by atoms with Gasteiger partial charge in [-0.05, 0) is 18.5 Å². The summed E-state index contributed by atoms with van der Waals surface area (Å²) in [7, 11) is -1.53. The van der Waals surface area contributed by atoms with Gasteiger partial charge in [-0.25, -0.2) is 12.7 Å². The zero-order valence-electron chi connectivity index (χ0n) is 9.96. The molecule has 0 bridgehead atoms. The van der Waals surface area contributed by atoms with Crippen LogP contribution in [0.3, 0.4) is 0 Å². The minimum atomic E-state index is -3.20. The molecule has 5 heteroatoms. The van der Waals surface area contributed by atoms with Crippen LogP contribution in [0, 0.1) is 0 Å². The van der Waals surface area contributed by atoms with Gasteiger partial charge in [0, 0.05) is 19.6 Å². The van der Waals surface area contributed by atoms with Crippen molar-refractivity contribution >= 4 is 10.0 Å². The first-order valence-electron chi connectivity index (χ1n) is 5.80. The molecule has 1 atom stereocenters. The number of nitrogens with one attached hydrogen (secondary N) is 1. The van der Waals surface area contributed by atoms with Crippen LogP contribution in [0.15, 0.2) is 30.3 Å². The fourth-order valence-corrected chi connectivity index (χ4v) is 3.52. The summed E-state index contributed by atoms with van der Waals surface area (Å²) in [6.45, 7) is 1.65. The van der Waals surface area contributed by atoms with Crippen molar-refractivity contribution in [1.29, 1.82) is 0 Å². The number of benzene rings is 1. The molecule has 0 amide bonds. The highest BCUT2D eigenvalue weighted by Crippen LogP contribution is 2.15. The van der Waals surface area contributed by atoms with Gasteiger partial charge in [0.15, 0.2) is 0 Å². The third-order valence-electron chi connectivity index (χ3n) is 3.18. The lowest BCUT2D eigenvalue weighted by Crippen LogP contribution is -2.38. The summed E-state index contributed by atoms with van der Waals surface area (Å²) >= 11 is 0. The van der Waals surface area contributed by atoms with Gasteiger partial charge in [-0.3, -0.25) is 0 Å². The number of rotatable bonds is 4. The Labute approximate surface area is 103 Å². The Bertz CT molecular complexity index is 453. The second-order valence-electron chi connectivity index (χ2n) is 4.40. The summed E-state index contributed by atoms with van der Waals surface area (Å²) < 4.78 is 25.9. The molecule has 4 nitrogen and oxygen atoms in total. The first-order chi connectivity index (χ1) is 8.09. The van der Waals surface area contributed by atoms with Gasteiger partial charge < -0.3 is 5.32 Å². The smallest absolute Gasteiger partial charge is 0.218 e. The fourth-order valence-electron chi connectivity index (χ4n) is 2.06. The largest absolute Gasteiger partial charge is 0.315 e. The van der Waals surface area contributed by atoms with Crippen LogP contribution in [0.2, 0.25) is 0 Å². The van der Waals surface area contributed by atoms with Crippen LogP contribution in [0.4, 0.5) is 0 Å². The molecule has 1 N–H and O–H groups in total. The summed E-state index contributed by atoms with van der Waals surface area (Å²) in [6.07, 6.45) is 0.893. The van der Waals surface area contributed by atoms with E-state index in [2.05, 4.69) is 5.32 Å². The average Bonchev–Trinajstić information content (AvgIpc) is 2.82. The molecule has 1 aliphatic heterocycles. The first-order valence-corrected chi connectivity index (χ1v) is 7.41. The molecule has 1 aliphatic rings. The highest BCUT2D eigenvalue weighted by atomic mass is 32.2. The molecule has 17 heavy (non-hydrogen) atoms. The normalized spacial score (nSPS) is 20.9. The third-order valence-corrected chi connectivity index (χ3v) is 5.05. The monoisotopic (exact) mass is 254 g/mol. The van der Waals surface area contributed by atoms with Gasteiger partial charge in [0.05, 0.1) is 5.75 Å². The Morgan fingerprint density at radius 2 is 2.06 bits per heavy atom. The summed E-state index contributed by atoms with van der Waals surface area (Å²) in [5, 5.41) is 3.18. The second kappa shape index (κ2) is 5.16. The molecule has 2 rings (SSSR count). The van der Waals surface area contributed by atoms with Crippen molar-refractivity contribution < 1.29 is 8.42 Å². The van der Waals surface area contributed by atoms with E-state index in [9.17, 15) is 8.42 Å². The molecule has 1 saturated heterocycles. The number of sulfonamides is 1. The summed E-state index contributed by atoms with van der Waals surface area (Å²) in [4.78, 5) is 0. The molecule has 0 radical (unpaired) electrons. The van der Waals surface area contributed by atoms with Crippen molar-refractivity contribution in [2.45, 2.75) is 18.2 Å². The molecule has 1 heterocycles.